The lowest BCUT2D eigenvalue weighted by atomic mass is 10.1. The van der Waals surface area contributed by atoms with Crippen LogP contribution < -0.4 is 5.32 Å². The van der Waals surface area contributed by atoms with Gasteiger partial charge in [0.25, 0.3) is 0 Å². The van der Waals surface area contributed by atoms with E-state index in [0.717, 1.165) is 5.56 Å². The fourth-order valence-electron chi connectivity index (χ4n) is 1.99. The molecule has 0 bridgehead atoms. The van der Waals surface area contributed by atoms with Crippen molar-refractivity contribution in [2.45, 2.75) is 19.9 Å². The Bertz CT molecular complexity index is 623. The van der Waals surface area contributed by atoms with Crippen LogP contribution in [0.2, 0.25) is 5.02 Å². The smallest absolute Gasteiger partial charge is 0.337 e. The van der Waals surface area contributed by atoms with Crippen molar-refractivity contribution < 1.29 is 9.90 Å². The summed E-state index contributed by atoms with van der Waals surface area (Å²) >= 11 is 5.94. The van der Waals surface area contributed by atoms with Crippen LogP contribution in [0.1, 0.15) is 34.5 Å². The van der Waals surface area contributed by atoms with Crippen molar-refractivity contribution in [1.82, 2.24) is 0 Å². The van der Waals surface area contributed by atoms with Gasteiger partial charge in [-0.05, 0) is 37.6 Å². The van der Waals surface area contributed by atoms with Crippen molar-refractivity contribution in [3.63, 3.8) is 0 Å². The van der Waals surface area contributed by atoms with Crippen LogP contribution in [0.4, 0.5) is 5.69 Å². The van der Waals surface area contributed by atoms with E-state index >= 15 is 0 Å². The standard InChI is InChI=1S/C16H16ClNO2/c1-10-3-5-12(6-4-10)11(2)18-15-9-13(17)7-8-14(15)16(19)20/h3-9,11,18H,1-2H3,(H,19,20). The van der Waals surface area contributed by atoms with Crippen LogP contribution in [0.25, 0.3) is 0 Å². The average Bonchev–Trinajstić information content (AvgIpc) is 2.39. The largest absolute Gasteiger partial charge is 0.478 e. The van der Waals surface area contributed by atoms with Crippen LogP contribution in [-0.4, -0.2) is 11.1 Å². The Balaban J connectivity index is 2.27. The lowest BCUT2D eigenvalue weighted by molar-refractivity contribution is 0.0698. The normalized spacial score (nSPS) is 11.9. The zero-order valence-electron chi connectivity index (χ0n) is 11.4. The first-order chi connectivity index (χ1) is 9.47. The van der Waals surface area contributed by atoms with Gasteiger partial charge in [-0.1, -0.05) is 41.4 Å². The highest BCUT2D eigenvalue weighted by atomic mass is 35.5. The van der Waals surface area contributed by atoms with Gasteiger partial charge in [-0.15, -0.1) is 0 Å². The molecule has 3 nitrogen and oxygen atoms in total. The average molecular weight is 290 g/mol. The van der Waals surface area contributed by atoms with Gasteiger partial charge in [-0.3, -0.25) is 0 Å². The second-order valence-electron chi connectivity index (χ2n) is 4.77. The monoisotopic (exact) mass is 289 g/mol. The number of carboxylic acids is 1. The predicted octanol–water partition coefficient (Wildman–Crippen LogP) is 4.52. The SMILES string of the molecule is Cc1ccc(C(C)Nc2cc(Cl)ccc2C(=O)O)cc1. The number of hydrogen-bond acceptors (Lipinski definition) is 2. The third-order valence-electron chi connectivity index (χ3n) is 3.16. The van der Waals surface area contributed by atoms with Gasteiger partial charge in [0.2, 0.25) is 0 Å². The van der Waals surface area contributed by atoms with Crippen molar-refractivity contribution in [1.29, 1.82) is 0 Å². The molecule has 1 atom stereocenters. The first-order valence-corrected chi connectivity index (χ1v) is 6.71. The Hall–Kier alpha value is -2.00. The molecule has 4 heteroatoms. The molecule has 0 radical (unpaired) electrons. The molecule has 2 aromatic carbocycles. The molecule has 0 saturated heterocycles. The molecule has 0 aliphatic carbocycles. The molecule has 2 aromatic rings. The van der Waals surface area contributed by atoms with E-state index in [-0.39, 0.29) is 11.6 Å². The number of halogens is 1. The molecule has 2 rings (SSSR count). The van der Waals surface area contributed by atoms with Gasteiger partial charge in [0, 0.05) is 11.1 Å². The van der Waals surface area contributed by atoms with E-state index in [1.807, 2.05) is 38.1 Å². The number of benzene rings is 2. The Kier molecular flexibility index (Phi) is 4.30. The molecule has 0 aliphatic rings. The molecule has 0 fully saturated rings. The van der Waals surface area contributed by atoms with Gasteiger partial charge in [0.15, 0.2) is 0 Å². The summed E-state index contributed by atoms with van der Waals surface area (Å²) in [5.41, 5.74) is 3.02. The number of aromatic carboxylic acids is 1. The Morgan fingerprint density at radius 2 is 1.85 bits per heavy atom. The molecule has 0 saturated carbocycles. The summed E-state index contributed by atoms with van der Waals surface area (Å²) in [4.78, 5) is 11.2. The van der Waals surface area contributed by atoms with Crippen molar-refractivity contribution in [2.24, 2.45) is 0 Å². The lowest BCUT2D eigenvalue weighted by Crippen LogP contribution is -2.10. The van der Waals surface area contributed by atoms with Gasteiger partial charge >= 0.3 is 5.97 Å². The summed E-state index contributed by atoms with van der Waals surface area (Å²) in [6.07, 6.45) is 0. The summed E-state index contributed by atoms with van der Waals surface area (Å²) in [5.74, 6) is -0.972. The summed E-state index contributed by atoms with van der Waals surface area (Å²) < 4.78 is 0. The molecule has 104 valence electrons. The minimum atomic E-state index is -0.972. The maximum Gasteiger partial charge on any atom is 0.337 e. The first-order valence-electron chi connectivity index (χ1n) is 6.33. The molecule has 0 aromatic heterocycles. The summed E-state index contributed by atoms with van der Waals surface area (Å²) in [6.45, 7) is 4.01. The number of carbonyl (C=O) groups is 1. The Labute approximate surface area is 123 Å². The van der Waals surface area contributed by atoms with E-state index in [4.69, 9.17) is 11.6 Å². The molecule has 0 heterocycles. The highest BCUT2D eigenvalue weighted by Gasteiger charge is 2.13. The van der Waals surface area contributed by atoms with E-state index in [1.54, 1.807) is 12.1 Å². The van der Waals surface area contributed by atoms with Crippen molar-refractivity contribution in [3.8, 4) is 0 Å². The van der Waals surface area contributed by atoms with Crippen LogP contribution in [-0.2, 0) is 0 Å². The van der Waals surface area contributed by atoms with E-state index in [9.17, 15) is 9.90 Å². The first kappa shape index (κ1) is 14.4. The van der Waals surface area contributed by atoms with Gasteiger partial charge in [0.1, 0.15) is 0 Å². The van der Waals surface area contributed by atoms with E-state index in [0.29, 0.717) is 10.7 Å². The number of nitrogens with one attached hydrogen (secondary N) is 1. The molecule has 1 unspecified atom stereocenters. The second kappa shape index (κ2) is 5.97. The highest BCUT2D eigenvalue weighted by molar-refractivity contribution is 6.31. The minimum Gasteiger partial charge on any atom is -0.478 e. The molecular weight excluding hydrogens is 274 g/mol. The quantitative estimate of drug-likeness (QED) is 0.870. The van der Waals surface area contributed by atoms with Crippen LogP contribution in [0, 0.1) is 6.92 Å². The summed E-state index contributed by atoms with van der Waals surface area (Å²) in [7, 11) is 0. The maximum absolute atomic E-state index is 11.2. The second-order valence-corrected chi connectivity index (χ2v) is 5.21. The van der Waals surface area contributed by atoms with E-state index in [1.165, 1.54) is 11.6 Å². The number of aryl methyl sites for hydroxylation is 1. The van der Waals surface area contributed by atoms with Gasteiger partial charge in [0.05, 0.1) is 11.3 Å². The van der Waals surface area contributed by atoms with Gasteiger partial charge < -0.3 is 10.4 Å². The third-order valence-corrected chi connectivity index (χ3v) is 3.40. The van der Waals surface area contributed by atoms with Crippen LogP contribution >= 0.6 is 11.6 Å². The number of carboxylic acid groups (broad SMARTS) is 1. The zero-order valence-corrected chi connectivity index (χ0v) is 12.1. The zero-order chi connectivity index (χ0) is 14.7. The van der Waals surface area contributed by atoms with Crippen LogP contribution in [0.5, 0.6) is 0 Å². The van der Waals surface area contributed by atoms with Crippen LogP contribution in [0.15, 0.2) is 42.5 Å². The fourth-order valence-corrected chi connectivity index (χ4v) is 2.17. The van der Waals surface area contributed by atoms with Crippen molar-refractivity contribution >= 4 is 23.3 Å². The van der Waals surface area contributed by atoms with Crippen LogP contribution in [0.3, 0.4) is 0 Å². The molecule has 20 heavy (non-hydrogen) atoms. The molecule has 0 aliphatic heterocycles. The number of hydrogen-bond donors (Lipinski definition) is 2. The predicted molar refractivity (Wildman–Crippen MR) is 81.6 cm³/mol. The molecule has 0 spiro atoms. The molecule has 0 amide bonds. The molecule has 2 N–H and O–H groups in total. The van der Waals surface area contributed by atoms with E-state index < -0.39 is 5.97 Å². The third kappa shape index (κ3) is 3.31. The van der Waals surface area contributed by atoms with Crippen molar-refractivity contribution in [2.75, 3.05) is 5.32 Å². The van der Waals surface area contributed by atoms with Crippen molar-refractivity contribution in [3.05, 3.63) is 64.2 Å². The summed E-state index contributed by atoms with van der Waals surface area (Å²) in [6, 6.07) is 12.8. The Morgan fingerprint density at radius 3 is 2.45 bits per heavy atom. The fraction of sp³-hybridized carbons (Fsp3) is 0.188. The van der Waals surface area contributed by atoms with E-state index in [2.05, 4.69) is 5.32 Å². The number of rotatable bonds is 4. The van der Waals surface area contributed by atoms with Gasteiger partial charge in [-0.2, -0.15) is 0 Å². The molecular formula is C16H16ClNO2. The topological polar surface area (TPSA) is 49.3 Å². The maximum atomic E-state index is 11.2. The minimum absolute atomic E-state index is 0.00725. The Morgan fingerprint density at radius 1 is 1.20 bits per heavy atom. The lowest BCUT2D eigenvalue weighted by Gasteiger charge is -2.17. The highest BCUT2D eigenvalue weighted by Crippen LogP contribution is 2.26. The van der Waals surface area contributed by atoms with Gasteiger partial charge in [-0.25, -0.2) is 4.79 Å². The summed E-state index contributed by atoms with van der Waals surface area (Å²) in [5, 5.41) is 12.9. The number of anilines is 1.